The van der Waals surface area contributed by atoms with Crippen molar-refractivity contribution in [3.8, 4) is 0 Å². The van der Waals surface area contributed by atoms with Crippen molar-refractivity contribution in [1.29, 1.82) is 0 Å². The molecular formula is C18H24N4O2. The van der Waals surface area contributed by atoms with Gasteiger partial charge in [-0.1, -0.05) is 18.6 Å². The Morgan fingerprint density at radius 1 is 1.08 bits per heavy atom. The molecule has 2 aliphatic heterocycles. The number of fused-ring (bicyclic) bond motifs is 1. The third-order valence-electron chi connectivity index (χ3n) is 5.37. The number of hydrogen-bond acceptors (Lipinski definition) is 3. The number of para-hydroxylation sites is 2. The largest absolute Gasteiger partial charge is 0.341 e. The van der Waals surface area contributed by atoms with E-state index in [1.807, 2.05) is 33.7 Å². The van der Waals surface area contributed by atoms with Gasteiger partial charge in [-0.2, -0.15) is 0 Å². The molecular weight excluding hydrogens is 304 g/mol. The number of aromatic nitrogens is 2. The maximum Gasteiger partial charge on any atom is 0.326 e. The van der Waals surface area contributed by atoms with Crippen molar-refractivity contribution in [2.24, 2.45) is 0 Å². The summed E-state index contributed by atoms with van der Waals surface area (Å²) in [6, 6.07) is 7.96. The molecule has 0 bridgehead atoms. The number of carbonyl (C=O) groups excluding carboxylic acids is 1. The molecule has 2 saturated heterocycles. The Labute approximate surface area is 140 Å². The molecule has 4 rings (SSSR count). The van der Waals surface area contributed by atoms with Gasteiger partial charge in [0.15, 0.2) is 0 Å². The van der Waals surface area contributed by atoms with Gasteiger partial charge < -0.3 is 15.2 Å². The van der Waals surface area contributed by atoms with E-state index in [9.17, 15) is 9.59 Å². The van der Waals surface area contributed by atoms with Gasteiger partial charge in [-0.15, -0.1) is 0 Å². The third kappa shape index (κ3) is 2.75. The van der Waals surface area contributed by atoms with Crippen LogP contribution in [0.15, 0.2) is 29.1 Å². The maximum absolute atomic E-state index is 12.6. The molecule has 2 aliphatic rings. The van der Waals surface area contributed by atoms with E-state index >= 15 is 0 Å². The monoisotopic (exact) mass is 328 g/mol. The maximum atomic E-state index is 12.6. The lowest BCUT2D eigenvalue weighted by atomic mass is 10.00. The van der Waals surface area contributed by atoms with Gasteiger partial charge >= 0.3 is 5.69 Å². The second kappa shape index (κ2) is 6.43. The minimum Gasteiger partial charge on any atom is -0.341 e. The van der Waals surface area contributed by atoms with Crippen LogP contribution in [0.1, 0.15) is 38.1 Å². The van der Waals surface area contributed by atoms with Crippen LogP contribution in [0, 0.1) is 0 Å². The molecule has 0 spiro atoms. The molecule has 1 amide bonds. The van der Waals surface area contributed by atoms with Crippen LogP contribution in [0.25, 0.3) is 11.0 Å². The number of amides is 1. The zero-order valence-electron chi connectivity index (χ0n) is 13.8. The molecule has 6 heteroatoms. The highest BCUT2D eigenvalue weighted by Gasteiger charge is 2.30. The molecule has 128 valence electrons. The second-order valence-corrected chi connectivity index (χ2v) is 6.88. The second-order valence-electron chi connectivity index (χ2n) is 6.88. The molecule has 0 saturated carbocycles. The van der Waals surface area contributed by atoms with Crippen LogP contribution >= 0.6 is 0 Å². The minimum atomic E-state index is -0.0464. The van der Waals surface area contributed by atoms with Crippen LogP contribution in [0.4, 0.5) is 0 Å². The van der Waals surface area contributed by atoms with Crippen LogP contribution in [0.3, 0.4) is 0 Å². The average molecular weight is 328 g/mol. The fourth-order valence-electron chi connectivity index (χ4n) is 4.06. The Kier molecular flexibility index (Phi) is 4.14. The van der Waals surface area contributed by atoms with E-state index in [4.69, 9.17) is 0 Å². The highest BCUT2D eigenvalue weighted by molar-refractivity contribution is 5.82. The molecule has 24 heavy (non-hydrogen) atoms. The van der Waals surface area contributed by atoms with E-state index in [2.05, 4.69) is 10.3 Å². The highest BCUT2D eigenvalue weighted by atomic mass is 16.2. The summed E-state index contributed by atoms with van der Waals surface area (Å²) in [5.41, 5.74) is 1.79. The van der Waals surface area contributed by atoms with Crippen molar-refractivity contribution in [2.45, 2.75) is 44.2 Å². The van der Waals surface area contributed by atoms with Gasteiger partial charge in [0.05, 0.1) is 17.1 Å². The number of carbonyl (C=O) groups is 1. The summed E-state index contributed by atoms with van der Waals surface area (Å²) in [5.74, 6) is 0.236. The van der Waals surface area contributed by atoms with Gasteiger partial charge in [-0.3, -0.25) is 9.36 Å². The van der Waals surface area contributed by atoms with Gasteiger partial charge in [0.25, 0.3) is 0 Å². The standard InChI is InChI=1S/C18H24N4O2/c23-17(15-6-3-4-10-19-15)21-11-8-13(9-12-21)22-16-7-2-1-5-14(16)20-18(22)24/h1-2,5,7,13,15,19H,3-4,6,8-12H2,(H,20,24)/t15-/m0/s1. The van der Waals surface area contributed by atoms with Crippen molar-refractivity contribution in [1.82, 2.24) is 19.8 Å². The lowest BCUT2D eigenvalue weighted by Gasteiger charge is -2.35. The Morgan fingerprint density at radius 3 is 2.62 bits per heavy atom. The Morgan fingerprint density at radius 2 is 1.88 bits per heavy atom. The first-order valence-corrected chi connectivity index (χ1v) is 8.95. The summed E-state index contributed by atoms with van der Waals surface area (Å²) in [4.78, 5) is 29.8. The Balaban J connectivity index is 1.46. The zero-order valence-corrected chi connectivity index (χ0v) is 13.8. The van der Waals surface area contributed by atoms with E-state index in [1.165, 1.54) is 0 Å². The molecule has 2 N–H and O–H groups in total. The zero-order chi connectivity index (χ0) is 16.5. The Bertz CT molecular complexity index is 780. The number of nitrogens with zero attached hydrogens (tertiary/aromatic N) is 2. The number of benzene rings is 1. The molecule has 1 aromatic heterocycles. The summed E-state index contributed by atoms with van der Waals surface area (Å²) in [6.07, 6.45) is 4.90. The number of H-pyrrole nitrogens is 1. The predicted molar refractivity (Wildman–Crippen MR) is 93.1 cm³/mol. The predicted octanol–water partition coefficient (Wildman–Crippen LogP) is 1.64. The molecule has 2 fully saturated rings. The van der Waals surface area contributed by atoms with Crippen molar-refractivity contribution in [3.05, 3.63) is 34.7 Å². The van der Waals surface area contributed by atoms with Crippen LogP contribution in [0.5, 0.6) is 0 Å². The molecule has 2 aromatic rings. The fourth-order valence-corrected chi connectivity index (χ4v) is 4.06. The van der Waals surface area contributed by atoms with Gasteiger partial charge in [0.2, 0.25) is 5.91 Å². The third-order valence-corrected chi connectivity index (χ3v) is 5.37. The summed E-state index contributed by atoms with van der Waals surface area (Å²) in [5, 5.41) is 3.34. The van der Waals surface area contributed by atoms with E-state index in [1.54, 1.807) is 0 Å². The molecule has 0 aliphatic carbocycles. The summed E-state index contributed by atoms with van der Waals surface area (Å²) < 4.78 is 1.87. The number of nitrogens with one attached hydrogen (secondary N) is 2. The van der Waals surface area contributed by atoms with Crippen molar-refractivity contribution in [2.75, 3.05) is 19.6 Å². The van der Waals surface area contributed by atoms with Gasteiger partial charge in [-0.05, 0) is 44.4 Å². The van der Waals surface area contributed by atoms with E-state index in [-0.39, 0.29) is 23.7 Å². The van der Waals surface area contributed by atoms with Gasteiger partial charge in [0.1, 0.15) is 0 Å². The molecule has 0 radical (unpaired) electrons. The van der Waals surface area contributed by atoms with Gasteiger partial charge in [-0.25, -0.2) is 4.79 Å². The first kappa shape index (κ1) is 15.4. The summed E-state index contributed by atoms with van der Waals surface area (Å²) in [6.45, 7) is 2.40. The lowest BCUT2D eigenvalue weighted by Crippen LogP contribution is -2.51. The van der Waals surface area contributed by atoms with Crippen LogP contribution in [0.2, 0.25) is 0 Å². The fraction of sp³-hybridized carbons (Fsp3) is 0.556. The number of rotatable bonds is 2. The van der Waals surface area contributed by atoms with Crippen molar-refractivity contribution < 1.29 is 4.79 Å². The van der Waals surface area contributed by atoms with Crippen molar-refractivity contribution >= 4 is 16.9 Å². The van der Waals surface area contributed by atoms with Gasteiger partial charge in [0, 0.05) is 19.1 Å². The Hall–Kier alpha value is -2.08. The normalized spacial score (nSPS) is 22.8. The molecule has 6 nitrogen and oxygen atoms in total. The first-order chi connectivity index (χ1) is 11.7. The molecule has 1 atom stereocenters. The number of imidazole rings is 1. The molecule has 3 heterocycles. The summed E-state index contributed by atoms with van der Waals surface area (Å²) in [7, 11) is 0. The number of hydrogen-bond donors (Lipinski definition) is 2. The van der Waals surface area contributed by atoms with Crippen LogP contribution in [-0.4, -0.2) is 46.0 Å². The number of likely N-dealkylation sites (tertiary alicyclic amines) is 1. The van der Waals surface area contributed by atoms with Crippen LogP contribution in [-0.2, 0) is 4.79 Å². The SMILES string of the molecule is O=C([C@@H]1CCCCN1)N1CCC(n2c(=O)[nH]c3ccccc32)CC1. The van der Waals surface area contributed by atoms with E-state index < -0.39 is 0 Å². The van der Waals surface area contributed by atoms with Crippen LogP contribution < -0.4 is 11.0 Å². The smallest absolute Gasteiger partial charge is 0.326 e. The number of aromatic amines is 1. The molecule has 0 unspecified atom stereocenters. The van der Waals surface area contributed by atoms with E-state index in [0.29, 0.717) is 0 Å². The van der Waals surface area contributed by atoms with Crippen molar-refractivity contribution in [3.63, 3.8) is 0 Å². The average Bonchev–Trinajstić information content (AvgIpc) is 2.98. The topological polar surface area (TPSA) is 70.1 Å². The quantitative estimate of drug-likeness (QED) is 0.880. The first-order valence-electron chi connectivity index (χ1n) is 8.95. The molecule has 1 aromatic carbocycles. The lowest BCUT2D eigenvalue weighted by molar-refractivity contribution is -0.135. The summed E-state index contributed by atoms with van der Waals surface area (Å²) >= 11 is 0. The number of piperidine rings is 2. The van der Waals surface area contributed by atoms with E-state index in [0.717, 1.165) is 62.8 Å². The highest BCUT2D eigenvalue weighted by Crippen LogP contribution is 2.25. The minimum absolute atomic E-state index is 0.00823.